The Labute approximate surface area is 112 Å². The number of piperidine rings is 1. The number of rotatable bonds is 6. The highest BCUT2D eigenvalue weighted by molar-refractivity contribution is 7.89. The van der Waals surface area contributed by atoms with E-state index in [0.29, 0.717) is 13.0 Å². The first kappa shape index (κ1) is 13.9. The van der Waals surface area contributed by atoms with Gasteiger partial charge in [0.05, 0.1) is 10.8 Å². The van der Waals surface area contributed by atoms with Crippen LogP contribution < -0.4 is 10.0 Å². The molecule has 2 heterocycles. The van der Waals surface area contributed by atoms with Gasteiger partial charge in [0.2, 0.25) is 10.0 Å². The lowest BCUT2D eigenvalue weighted by molar-refractivity contribution is 0.403. The monoisotopic (exact) mass is 289 g/mol. The lowest BCUT2D eigenvalue weighted by Gasteiger charge is -2.22. The summed E-state index contributed by atoms with van der Waals surface area (Å²) in [5, 5.41) is 6.11. The SMILES string of the molecule is O=S(=O)(CC1CCCNC1)NCCc1nccs1. The fraction of sp³-hybridized carbons (Fsp3) is 0.727. The molecule has 0 amide bonds. The molecule has 7 heteroatoms. The van der Waals surface area contributed by atoms with E-state index in [1.807, 2.05) is 5.38 Å². The Balaban J connectivity index is 1.73. The van der Waals surface area contributed by atoms with Crippen molar-refractivity contribution in [2.24, 2.45) is 5.92 Å². The van der Waals surface area contributed by atoms with Gasteiger partial charge in [0.15, 0.2) is 0 Å². The van der Waals surface area contributed by atoms with Gasteiger partial charge < -0.3 is 5.32 Å². The smallest absolute Gasteiger partial charge is 0.211 e. The molecule has 0 spiro atoms. The third-order valence-corrected chi connectivity index (χ3v) is 5.39. The summed E-state index contributed by atoms with van der Waals surface area (Å²) in [5.74, 6) is 0.480. The second kappa shape index (κ2) is 6.60. The molecule has 0 saturated carbocycles. The summed E-state index contributed by atoms with van der Waals surface area (Å²) in [4.78, 5) is 4.13. The van der Waals surface area contributed by atoms with E-state index in [9.17, 15) is 8.42 Å². The fourth-order valence-electron chi connectivity index (χ4n) is 2.13. The maximum Gasteiger partial charge on any atom is 0.211 e. The number of nitrogens with one attached hydrogen (secondary N) is 2. The van der Waals surface area contributed by atoms with E-state index in [1.165, 1.54) is 0 Å². The first-order chi connectivity index (χ1) is 8.66. The maximum absolute atomic E-state index is 11.9. The van der Waals surface area contributed by atoms with Gasteiger partial charge in [-0.2, -0.15) is 0 Å². The van der Waals surface area contributed by atoms with Crippen LogP contribution in [0.1, 0.15) is 17.8 Å². The minimum Gasteiger partial charge on any atom is -0.316 e. The maximum atomic E-state index is 11.9. The molecule has 0 aromatic carbocycles. The van der Waals surface area contributed by atoms with Gasteiger partial charge in [-0.3, -0.25) is 0 Å². The molecule has 18 heavy (non-hydrogen) atoms. The van der Waals surface area contributed by atoms with Crippen LogP contribution >= 0.6 is 11.3 Å². The first-order valence-electron chi connectivity index (χ1n) is 6.22. The van der Waals surface area contributed by atoms with E-state index >= 15 is 0 Å². The summed E-state index contributed by atoms with van der Waals surface area (Å²) >= 11 is 1.55. The van der Waals surface area contributed by atoms with Gasteiger partial charge in [-0.25, -0.2) is 18.1 Å². The van der Waals surface area contributed by atoms with Gasteiger partial charge in [-0.05, 0) is 31.8 Å². The van der Waals surface area contributed by atoms with Crippen LogP contribution in [-0.2, 0) is 16.4 Å². The predicted molar refractivity (Wildman–Crippen MR) is 73.2 cm³/mol. The van der Waals surface area contributed by atoms with Crippen LogP contribution in [0.4, 0.5) is 0 Å². The number of thiazole rings is 1. The molecule has 1 aliphatic rings. The minimum atomic E-state index is -3.15. The number of sulfonamides is 1. The van der Waals surface area contributed by atoms with E-state index in [1.54, 1.807) is 17.5 Å². The van der Waals surface area contributed by atoms with Crippen molar-refractivity contribution < 1.29 is 8.42 Å². The van der Waals surface area contributed by atoms with Crippen LogP contribution in [0.2, 0.25) is 0 Å². The van der Waals surface area contributed by atoms with Crippen LogP contribution in [0.25, 0.3) is 0 Å². The van der Waals surface area contributed by atoms with Crippen molar-refractivity contribution >= 4 is 21.4 Å². The van der Waals surface area contributed by atoms with Gasteiger partial charge in [0.1, 0.15) is 0 Å². The highest BCUT2D eigenvalue weighted by Gasteiger charge is 2.20. The molecule has 1 unspecified atom stereocenters. The summed E-state index contributed by atoms with van der Waals surface area (Å²) < 4.78 is 26.4. The summed E-state index contributed by atoms with van der Waals surface area (Å²) in [6, 6.07) is 0. The highest BCUT2D eigenvalue weighted by Crippen LogP contribution is 2.12. The molecule has 102 valence electrons. The van der Waals surface area contributed by atoms with Crippen molar-refractivity contribution in [1.29, 1.82) is 0 Å². The third-order valence-electron chi connectivity index (χ3n) is 3.00. The first-order valence-corrected chi connectivity index (χ1v) is 8.75. The van der Waals surface area contributed by atoms with Crippen molar-refractivity contribution in [1.82, 2.24) is 15.0 Å². The molecule has 2 N–H and O–H groups in total. The quantitative estimate of drug-likeness (QED) is 0.805. The van der Waals surface area contributed by atoms with Gasteiger partial charge in [0, 0.05) is 24.5 Å². The molecule has 5 nitrogen and oxygen atoms in total. The summed E-state index contributed by atoms with van der Waals surface area (Å²) in [7, 11) is -3.15. The van der Waals surface area contributed by atoms with E-state index in [0.717, 1.165) is 30.9 Å². The van der Waals surface area contributed by atoms with E-state index in [2.05, 4.69) is 15.0 Å². The molecule has 1 atom stereocenters. The Kier molecular flexibility index (Phi) is 5.11. The van der Waals surface area contributed by atoms with Crippen LogP contribution in [0.15, 0.2) is 11.6 Å². The topological polar surface area (TPSA) is 71.1 Å². The normalized spacial score (nSPS) is 21.0. The van der Waals surface area contributed by atoms with Gasteiger partial charge in [-0.1, -0.05) is 0 Å². The molecule has 0 bridgehead atoms. The molecular weight excluding hydrogens is 270 g/mol. The van der Waals surface area contributed by atoms with Crippen molar-refractivity contribution in [2.45, 2.75) is 19.3 Å². The number of hydrogen-bond donors (Lipinski definition) is 2. The number of nitrogens with zero attached hydrogens (tertiary/aromatic N) is 1. The zero-order chi connectivity index (χ0) is 12.8. The van der Waals surface area contributed by atoms with E-state index in [-0.39, 0.29) is 11.7 Å². The Morgan fingerprint density at radius 1 is 1.56 bits per heavy atom. The average molecular weight is 289 g/mol. The molecule has 2 rings (SSSR count). The average Bonchev–Trinajstić information content (AvgIpc) is 2.82. The Bertz CT molecular complexity index is 439. The van der Waals surface area contributed by atoms with Gasteiger partial charge in [-0.15, -0.1) is 11.3 Å². The van der Waals surface area contributed by atoms with Gasteiger partial charge >= 0.3 is 0 Å². The second-order valence-corrected chi connectivity index (χ2v) is 7.39. The Morgan fingerprint density at radius 2 is 2.44 bits per heavy atom. The lowest BCUT2D eigenvalue weighted by Crippen LogP contribution is -2.38. The molecule has 1 aromatic heterocycles. The molecule has 1 saturated heterocycles. The van der Waals surface area contributed by atoms with E-state index < -0.39 is 10.0 Å². The molecule has 0 radical (unpaired) electrons. The summed E-state index contributed by atoms with van der Waals surface area (Å²) in [6.07, 6.45) is 4.47. The van der Waals surface area contributed by atoms with Crippen molar-refractivity contribution in [3.05, 3.63) is 16.6 Å². The van der Waals surface area contributed by atoms with Crippen LogP contribution in [0.3, 0.4) is 0 Å². The second-order valence-electron chi connectivity index (χ2n) is 4.56. The summed E-state index contributed by atoms with van der Waals surface area (Å²) in [5.41, 5.74) is 0. The Hall–Kier alpha value is -0.500. The molecule has 1 aromatic rings. The minimum absolute atomic E-state index is 0.234. The number of aromatic nitrogens is 1. The molecule has 1 fully saturated rings. The van der Waals surface area contributed by atoms with Gasteiger partial charge in [0.25, 0.3) is 0 Å². The highest BCUT2D eigenvalue weighted by atomic mass is 32.2. The van der Waals surface area contributed by atoms with Crippen molar-refractivity contribution in [3.63, 3.8) is 0 Å². The zero-order valence-corrected chi connectivity index (χ0v) is 11.9. The zero-order valence-electron chi connectivity index (χ0n) is 10.3. The fourth-order valence-corrected chi connectivity index (χ4v) is 4.18. The van der Waals surface area contributed by atoms with Crippen molar-refractivity contribution in [2.75, 3.05) is 25.4 Å². The number of hydrogen-bond acceptors (Lipinski definition) is 5. The largest absolute Gasteiger partial charge is 0.316 e. The van der Waals surface area contributed by atoms with Crippen LogP contribution in [-0.4, -0.2) is 38.8 Å². The predicted octanol–water partition coefficient (Wildman–Crippen LogP) is 0.605. The molecule has 1 aliphatic heterocycles. The summed E-state index contributed by atoms with van der Waals surface area (Å²) in [6.45, 7) is 2.26. The Morgan fingerprint density at radius 3 is 3.11 bits per heavy atom. The van der Waals surface area contributed by atoms with Crippen molar-refractivity contribution in [3.8, 4) is 0 Å². The lowest BCUT2D eigenvalue weighted by atomic mass is 10.0. The standard InChI is InChI=1S/C11H19N3O2S2/c15-18(16,9-10-2-1-4-12-8-10)14-5-3-11-13-6-7-17-11/h6-7,10,12,14H,1-5,8-9H2. The van der Waals surface area contributed by atoms with Crippen LogP contribution in [0, 0.1) is 5.92 Å². The van der Waals surface area contributed by atoms with Crippen LogP contribution in [0.5, 0.6) is 0 Å². The molecule has 0 aliphatic carbocycles. The van der Waals surface area contributed by atoms with E-state index in [4.69, 9.17) is 0 Å². The third kappa shape index (κ3) is 4.64. The molecular formula is C11H19N3O2S2.